The summed E-state index contributed by atoms with van der Waals surface area (Å²) in [6.07, 6.45) is 5.66. The zero-order valence-corrected chi connectivity index (χ0v) is 8.67. The summed E-state index contributed by atoms with van der Waals surface area (Å²) in [5.74, 6) is 0.167. The van der Waals surface area contributed by atoms with Gasteiger partial charge in [-0.1, -0.05) is 0 Å². The largest absolute Gasteiger partial charge is 0.359 e. The monoisotopic (exact) mass is 201 g/mol. The van der Waals surface area contributed by atoms with Crippen LogP contribution < -0.4 is 0 Å². The molecule has 0 saturated heterocycles. The molecule has 1 N–H and O–H groups in total. The molecule has 0 aromatic carbocycles. The van der Waals surface area contributed by atoms with E-state index in [-0.39, 0.29) is 10.4 Å². The summed E-state index contributed by atoms with van der Waals surface area (Å²) in [6.45, 7) is 0. The second-order valence-electron chi connectivity index (χ2n) is 2.25. The van der Waals surface area contributed by atoms with E-state index in [1.54, 1.807) is 29.7 Å². The molecule has 0 unspecified atom stereocenters. The average molecular weight is 201 g/mol. The minimum atomic E-state index is 0.0173. The summed E-state index contributed by atoms with van der Waals surface area (Å²) >= 11 is 3.14. The molecule has 0 aliphatic carbocycles. The summed E-state index contributed by atoms with van der Waals surface area (Å²) in [6, 6.07) is 3.65. The van der Waals surface area contributed by atoms with E-state index in [1.807, 2.05) is 24.6 Å². The van der Waals surface area contributed by atoms with Crippen LogP contribution in [0.3, 0.4) is 0 Å². The lowest BCUT2D eigenvalue weighted by Gasteiger charge is -2.07. The van der Waals surface area contributed by atoms with E-state index >= 15 is 0 Å². The van der Waals surface area contributed by atoms with Crippen LogP contribution in [0.1, 0.15) is 10.5 Å². The normalized spacial score (nSPS) is 10.6. The standard InChI is InChI=1S/C8H11NOS2/c1-11-8(12-2)7(10)6-4-3-5-9-6/h3-5,8-9H,1-2H3. The van der Waals surface area contributed by atoms with Crippen molar-refractivity contribution in [3.05, 3.63) is 24.0 Å². The molecule has 12 heavy (non-hydrogen) atoms. The average Bonchev–Trinajstić information content (AvgIpc) is 2.58. The molecule has 0 spiro atoms. The van der Waals surface area contributed by atoms with Crippen molar-refractivity contribution in [2.75, 3.05) is 12.5 Å². The number of thioether (sulfide) groups is 2. The Labute approximate surface area is 80.5 Å². The van der Waals surface area contributed by atoms with E-state index < -0.39 is 0 Å². The summed E-state index contributed by atoms with van der Waals surface area (Å²) in [5, 5.41) is 0. The lowest BCUT2D eigenvalue weighted by molar-refractivity contribution is 0.101. The quantitative estimate of drug-likeness (QED) is 0.599. The number of nitrogens with one attached hydrogen (secondary N) is 1. The van der Waals surface area contributed by atoms with Gasteiger partial charge in [0.2, 0.25) is 5.78 Å². The van der Waals surface area contributed by atoms with Crippen LogP contribution in [0.4, 0.5) is 0 Å². The third-order valence-electron chi connectivity index (χ3n) is 1.51. The summed E-state index contributed by atoms with van der Waals surface area (Å²) in [4.78, 5) is 14.5. The van der Waals surface area contributed by atoms with E-state index in [9.17, 15) is 4.79 Å². The van der Waals surface area contributed by atoms with Crippen molar-refractivity contribution in [3.63, 3.8) is 0 Å². The number of rotatable bonds is 4. The Morgan fingerprint density at radius 2 is 2.17 bits per heavy atom. The number of aromatic nitrogens is 1. The number of carbonyl (C=O) groups excluding carboxylic acids is 1. The van der Waals surface area contributed by atoms with E-state index in [2.05, 4.69) is 4.98 Å². The van der Waals surface area contributed by atoms with Crippen LogP contribution >= 0.6 is 23.5 Å². The Kier molecular flexibility index (Phi) is 3.75. The van der Waals surface area contributed by atoms with E-state index in [1.165, 1.54) is 0 Å². The Morgan fingerprint density at radius 3 is 2.58 bits per heavy atom. The van der Waals surface area contributed by atoms with Crippen LogP contribution in [0.5, 0.6) is 0 Å². The highest BCUT2D eigenvalue weighted by Gasteiger charge is 2.17. The van der Waals surface area contributed by atoms with Gasteiger partial charge in [0, 0.05) is 6.20 Å². The predicted octanol–water partition coefficient (Wildman–Crippen LogP) is 2.25. The fraction of sp³-hybridized carbons (Fsp3) is 0.375. The van der Waals surface area contributed by atoms with Gasteiger partial charge in [-0.05, 0) is 24.6 Å². The molecule has 0 fully saturated rings. The first-order valence-electron chi connectivity index (χ1n) is 3.52. The molecule has 4 heteroatoms. The Hall–Kier alpha value is -0.350. The number of H-pyrrole nitrogens is 1. The van der Waals surface area contributed by atoms with Crippen molar-refractivity contribution < 1.29 is 4.79 Å². The molecule has 1 aromatic heterocycles. The van der Waals surface area contributed by atoms with Gasteiger partial charge in [-0.2, -0.15) is 0 Å². The smallest absolute Gasteiger partial charge is 0.201 e. The van der Waals surface area contributed by atoms with Crippen LogP contribution in [0.25, 0.3) is 0 Å². The van der Waals surface area contributed by atoms with Crippen LogP contribution in [0, 0.1) is 0 Å². The number of ketones is 1. The van der Waals surface area contributed by atoms with Crippen LogP contribution in [-0.4, -0.2) is 27.9 Å². The van der Waals surface area contributed by atoms with Crippen LogP contribution in [0.15, 0.2) is 18.3 Å². The van der Waals surface area contributed by atoms with Gasteiger partial charge in [0.25, 0.3) is 0 Å². The Balaban J connectivity index is 2.70. The molecule has 1 rings (SSSR count). The first-order chi connectivity index (χ1) is 5.79. The van der Waals surface area contributed by atoms with Gasteiger partial charge in [-0.3, -0.25) is 4.79 Å². The molecular formula is C8H11NOS2. The predicted molar refractivity (Wildman–Crippen MR) is 55.9 cm³/mol. The number of hydrogen-bond acceptors (Lipinski definition) is 3. The van der Waals surface area contributed by atoms with Crippen molar-refractivity contribution in [1.29, 1.82) is 0 Å². The highest BCUT2D eigenvalue weighted by atomic mass is 32.2. The fourth-order valence-electron chi connectivity index (χ4n) is 0.921. The topological polar surface area (TPSA) is 32.9 Å². The SMILES string of the molecule is CSC(SC)C(=O)c1ccc[nH]1. The summed E-state index contributed by atoms with van der Waals surface area (Å²) < 4.78 is 0.0173. The lowest BCUT2D eigenvalue weighted by atomic mass is 10.3. The van der Waals surface area contributed by atoms with Crippen LogP contribution in [-0.2, 0) is 0 Å². The maximum atomic E-state index is 11.6. The van der Waals surface area contributed by atoms with E-state index in [0.29, 0.717) is 5.69 Å². The van der Waals surface area contributed by atoms with Gasteiger partial charge in [-0.25, -0.2) is 0 Å². The molecule has 0 atom stereocenters. The van der Waals surface area contributed by atoms with Gasteiger partial charge < -0.3 is 4.98 Å². The van der Waals surface area contributed by atoms with E-state index in [4.69, 9.17) is 0 Å². The van der Waals surface area contributed by atoms with Crippen molar-refractivity contribution in [1.82, 2.24) is 4.98 Å². The minimum Gasteiger partial charge on any atom is -0.359 e. The molecule has 1 aromatic rings. The van der Waals surface area contributed by atoms with E-state index in [0.717, 1.165) is 0 Å². The maximum Gasteiger partial charge on any atom is 0.201 e. The molecule has 0 amide bonds. The molecular weight excluding hydrogens is 190 g/mol. The fourth-order valence-corrected chi connectivity index (χ4v) is 2.37. The molecule has 66 valence electrons. The summed E-state index contributed by atoms with van der Waals surface area (Å²) in [7, 11) is 0. The molecule has 2 nitrogen and oxygen atoms in total. The molecule has 0 radical (unpaired) electrons. The van der Waals surface area contributed by atoms with Gasteiger partial charge >= 0.3 is 0 Å². The first kappa shape index (κ1) is 9.74. The first-order valence-corrected chi connectivity index (χ1v) is 6.10. The lowest BCUT2D eigenvalue weighted by Crippen LogP contribution is -2.13. The zero-order chi connectivity index (χ0) is 8.97. The van der Waals surface area contributed by atoms with Gasteiger partial charge in [-0.15, -0.1) is 23.5 Å². The number of hydrogen-bond donors (Lipinski definition) is 1. The molecule has 0 bridgehead atoms. The van der Waals surface area contributed by atoms with Crippen molar-refractivity contribution in [2.24, 2.45) is 0 Å². The number of carbonyl (C=O) groups is 1. The second-order valence-corrected chi connectivity index (χ2v) is 4.44. The highest BCUT2D eigenvalue weighted by molar-refractivity contribution is 8.17. The zero-order valence-electron chi connectivity index (χ0n) is 7.03. The number of Topliss-reactive ketones (excluding diaryl/α,β-unsaturated/α-hetero) is 1. The van der Waals surface area contributed by atoms with Crippen molar-refractivity contribution >= 4 is 29.3 Å². The molecule has 0 aliphatic heterocycles. The van der Waals surface area contributed by atoms with Crippen molar-refractivity contribution in [2.45, 2.75) is 4.58 Å². The van der Waals surface area contributed by atoms with Crippen molar-refractivity contribution in [3.8, 4) is 0 Å². The molecule has 0 saturated carbocycles. The third-order valence-corrected chi connectivity index (χ3v) is 3.94. The van der Waals surface area contributed by atoms with Gasteiger partial charge in [0.05, 0.1) is 5.69 Å². The molecule has 0 aliphatic rings. The van der Waals surface area contributed by atoms with Crippen LogP contribution in [0.2, 0.25) is 0 Å². The summed E-state index contributed by atoms with van der Waals surface area (Å²) in [5.41, 5.74) is 0.698. The maximum absolute atomic E-state index is 11.6. The minimum absolute atomic E-state index is 0.0173. The third kappa shape index (κ3) is 2.08. The van der Waals surface area contributed by atoms with Gasteiger partial charge in [0.15, 0.2) is 0 Å². The Bertz CT molecular complexity index is 242. The molecule has 1 heterocycles. The number of aromatic amines is 1. The highest BCUT2D eigenvalue weighted by Crippen LogP contribution is 2.22. The second kappa shape index (κ2) is 4.62. The Morgan fingerprint density at radius 1 is 1.50 bits per heavy atom. The van der Waals surface area contributed by atoms with Gasteiger partial charge in [0.1, 0.15) is 4.58 Å².